The zero-order valence-corrected chi connectivity index (χ0v) is 19.7. The van der Waals surface area contributed by atoms with Crippen molar-refractivity contribution in [2.45, 2.75) is 32.9 Å². The highest BCUT2D eigenvalue weighted by atomic mass is 35.5. The standard InChI is InChI=1S/C23H28ClN7O/c1-13-9-30(10-14(2)25-13)17-7-18(24)21-19(8-17)29(4)28-22(21)27-16-6-20(32-5)23-26-15(3)11-31(23)12-16/h6-8,11-14,25H,9-10H2,1-5H3,(H,27,28)/t13-,14+. The number of aromatic nitrogens is 4. The normalized spacial score (nSPS) is 19.1. The summed E-state index contributed by atoms with van der Waals surface area (Å²) >= 11 is 6.82. The van der Waals surface area contributed by atoms with Gasteiger partial charge in [-0.05, 0) is 32.9 Å². The van der Waals surface area contributed by atoms with Crippen LogP contribution in [0.25, 0.3) is 16.6 Å². The molecule has 2 N–H and O–H groups in total. The highest BCUT2D eigenvalue weighted by Crippen LogP contribution is 2.36. The van der Waals surface area contributed by atoms with E-state index in [9.17, 15) is 0 Å². The summed E-state index contributed by atoms with van der Waals surface area (Å²) in [5.41, 5.74) is 4.66. The first-order chi connectivity index (χ1) is 15.3. The summed E-state index contributed by atoms with van der Waals surface area (Å²) in [6.45, 7) is 8.27. The Hall–Kier alpha value is -2.97. The third-order valence-corrected chi connectivity index (χ3v) is 6.23. The first-order valence-electron chi connectivity index (χ1n) is 10.8. The number of methoxy groups -OCH3 is 1. The molecule has 0 amide bonds. The smallest absolute Gasteiger partial charge is 0.180 e. The number of pyridine rings is 1. The van der Waals surface area contributed by atoms with Crippen LogP contribution in [0.3, 0.4) is 0 Å². The number of nitrogens with one attached hydrogen (secondary N) is 2. The molecule has 0 aliphatic carbocycles. The summed E-state index contributed by atoms with van der Waals surface area (Å²) < 4.78 is 9.38. The van der Waals surface area contributed by atoms with Crippen molar-refractivity contribution >= 4 is 45.3 Å². The monoisotopic (exact) mass is 453 g/mol. The van der Waals surface area contributed by atoms with E-state index in [0.717, 1.165) is 46.7 Å². The maximum atomic E-state index is 6.82. The number of nitrogens with zero attached hydrogens (tertiary/aromatic N) is 5. The van der Waals surface area contributed by atoms with Gasteiger partial charge in [-0.25, -0.2) is 4.98 Å². The fourth-order valence-corrected chi connectivity index (χ4v) is 4.97. The van der Waals surface area contributed by atoms with E-state index in [1.54, 1.807) is 7.11 Å². The number of hydrogen-bond acceptors (Lipinski definition) is 6. The molecule has 4 aromatic rings. The van der Waals surface area contributed by atoms with Gasteiger partial charge >= 0.3 is 0 Å². The average molecular weight is 454 g/mol. The van der Waals surface area contributed by atoms with Crippen molar-refractivity contribution in [2.24, 2.45) is 7.05 Å². The minimum Gasteiger partial charge on any atom is -0.493 e. The van der Waals surface area contributed by atoms with Gasteiger partial charge in [-0.3, -0.25) is 4.68 Å². The number of fused-ring (bicyclic) bond motifs is 2. The van der Waals surface area contributed by atoms with Gasteiger partial charge in [0.1, 0.15) is 0 Å². The third-order valence-electron chi connectivity index (χ3n) is 5.93. The molecule has 1 aromatic carbocycles. The van der Waals surface area contributed by atoms with Gasteiger partial charge in [0.15, 0.2) is 17.2 Å². The van der Waals surface area contributed by atoms with E-state index in [4.69, 9.17) is 21.4 Å². The van der Waals surface area contributed by atoms with Crippen LogP contribution in [0.4, 0.5) is 17.2 Å². The molecule has 0 spiro atoms. The third kappa shape index (κ3) is 3.63. The molecule has 4 heterocycles. The summed E-state index contributed by atoms with van der Waals surface area (Å²) in [6.07, 6.45) is 3.94. The Bertz CT molecular complexity index is 1300. The number of rotatable bonds is 4. The van der Waals surface area contributed by atoms with Crippen LogP contribution in [0.15, 0.2) is 30.6 Å². The van der Waals surface area contributed by atoms with Crippen molar-refractivity contribution in [3.63, 3.8) is 0 Å². The van der Waals surface area contributed by atoms with Crippen molar-refractivity contribution < 1.29 is 4.74 Å². The summed E-state index contributed by atoms with van der Waals surface area (Å²) in [6, 6.07) is 6.99. The Morgan fingerprint density at radius 2 is 1.91 bits per heavy atom. The number of benzene rings is 1. The van der Waals surface area contributed by atoms with Crippen molar-refractivity contribution in [3.8, 4) is 5.75 Å². The number of hydrogen-bond donors (Lipinski definition) is 2. The van der Waals surface area contributed by atoms with Crippen LogP contribution in [-0.4, -0.2) is 51.4 Å². The molecule has 0 saturated carbocycles. The van der Waals surface area contributed by atoms with Gasteiger partial charge in [-0.1, -0.05) is 11.6 Å². The molecule has 0 unspecified atom stereocenters. The Labute approximate surface area is 192 Å². The fraction of sp³-hybridized carbons (Fsp3) is 0.391. The lowest BCUT2D eigenvalue weighted by molar-refractivity contribution is 0.407. The largest absolute Gasteiger partial charge is 0.493 e. The molecule has 9 heteroatoms. The summed E-state index contributed by atoms with van der Waals surface area (Å²) in [5.74, 6) is 1.40. The zero-order chi connectivity index (χ0) is 22.6. The molecule has 8 nitrogen and oxygen atoms in total. The Balaban J connectivity index is 1.54. The number of ether oxygens (including phenoxy) is 1. The molecule has 1 fully saturated rings. The number of aryl methyl sites for hydroxylation is 2. The lowest BCUT2D eigenvalue weighted by Crippen LogP contribution is -2.54. The van der Waals surface area contributed by atoms with E-state index >= 15 is 0 Å². The topological polar surface area (TPSA) is 71.7 Å². The summed E-state index contributed by atoms with van der Waals surface area (Å²) in [7, 11) is 3.59. The number of piperazine rings is 1. The van der Waals surface area contributed by atoms with Crippen LogP contribution < -0.4 is 20.3 Å². The van der Waals surface area contributed by atoms with Crippen molar-refractivity contribution in [3.05, 3.63) is 41.3 Å². The molecular weight excluding hydrogens is 426 g/mol. The maximum absolute atomic E-state index is 6.82. The second-order valence-electron chi connectivity index (χ2n) is 8.70. The number of anilines is 3. The highest BCUT2D eigenvalue weighted by Gasteiger charge is 2.23. The number of halogens is 1. The zero-order valence-electron chi connectivity index (χ0n) is 19.0. The SMILES string of the molecule is COc1cc(Nc2nn(C)c3cc(N4C[C@@H](C)N[C@@H](C)C4)cc(Cl)c23)cn2cc(C)nc12. The quantitative estimate of drug-likeness (QED) is 0.484. The Kier molecular flexibility index (Phi) is 5.14. The lowest BCUT2D eigenvalue weighted by Gasteiger charge is -2.37. The minimum absolute atomic E-state index is 0.425. The van der Waals surface area contributed by atoms with E-state index in [0.29, 0.717) is 28.7 Å². The molecule has 0 radical (unpaired) electrons. The molecule has 1 saturated heterocycles. The highest BCUT2D eigenvalue weighted by molar-refractivity contribution is 6.37. The van der Waals surface area contributed by atoms with E-state index in [1.165, 1.54) is 0 Å². The van der Waals surface area contributed by atoms with E-state index in [2.05, 4.69) is 40.4 Å². The second kappa shape index (κ2) is 7.86. The minimum atomic E-state index is 0.425. The van der Waals surface area contributed by atoms with Crippen LogP contribution in [-0.2, 0) is 7.05 Å². The predicted molar refractivity (Wildman–Crippen MR) is 130 cm³/mol. The van der Waals surface area contributed by atoms with Crippen LogP contribution in [0, 0.1) is 6.92 Å². The van der Waals surface area contributed by atoms with Gasteiger partial charge in [-0.2, -0.15) is 5.10 Å². The van der Waals surface area contributed by atoms with Gasteiger partial charge in [0.2, 0.25) is 0 Å². The fourth-order valence-electron chi connectivity index (χ4n) is 4.67. The molecule has 1 aliphatic rings. The molecule has 3 aromatic heterocycles. The Morgan fingerprint density at radius 3 is 2.62 bits per heavy atom. The first kappa shape index (κ1) is 20.9. The lowest BCUT2D eigenvalue weighted by atomic mass is 10.1. The van der Waals surface area contributed by atoms with Crippen molar-refractivity contribution in [2.75, 3.05) is 30.4 Å². The molecule has 168 valence electrons. The van der Waals surface area contributed by atoms with E-state index in [-0.39, 0.29) is 0 Å². The van der Waals surface area contributed by atoms with Crippen molar-refractivity contribution in [1.29, 1.82) is 0 Å². The van der Waals surface area contributed by atoms with Crippen molar-refractivity contribution in [1.82, 2.24) is 24.5 Å². The van der Waals surface area contributed by atoms with Gasteiger partial charge in [0.05, 0.1) is 34.4 Å². The molecule has 32 heavy (non-hydrogen) atoms. The average Bonchev–Trinajstić information content (AvgIpc) is 3.25. The van der Waals surface area contributed by atoms with Gasteiger partial charge in [0, 0.05) is 56.4 Å². The molecule has 0 bridgehead atoms. The van der Waals surface area contributed by atoms with E-state index < -0.39 is 0 Å². The van der Waals surface area contributed by atoms with Crippen LogP contribution in [0.2, 0.25) is 5.02 Å². The molecule has 5 rings (SSSR count). The molecule has 2 atom stereocenters. The predicted octanol–water partition coefficient (Wildman–Crippen LogP) is 4.12. The summed E-state index contributed by atoms with van der Waals surface area (Å²) in [5, 5.41) is 13.3. The Morgan fingerprint density at radius 1 is 1.16 bits per heavy atom. The summed E-state index contributed by atoms with van der Waals surface area (Å²) in [4.78, 5) is 6.91. The van der Waals surface area contributed by atoms with Gasteiger partial charge < -0.3 is 24.7 Å². The first-order valence-corrected chi connectivity index (χ1v) is 11.2. The second-order valence-corrected chi connectivity index (χ2v) is 9.11. The van der Waals surface area contributed by atoms with Crippen LogP contribution in [0.1, 0.15) is 19.5 Å². The molecule has 1 aliphatic heterocycles. The maximum Gasteiger partial charge on any atom is 0.180 e. The van der Waals surface area contributed by atoms with Gasteiger partial charge in [-0.15, -0.1) is 0 Å². The number of imidazole rings is 1. The van der Waals surface area contributed by atoms with Gasteiger partial charge in [0.25, 0.3) is 0 Å². The van der Waals surface area contributed by atoms with Crippen LogP contribution in [0.5, 0.6) is 5.75 Å². The molecular formula is C23H28ClN7O. The van der Waals surface area contributed by atoms with Crippen LogP contribution >= 0.6 is 11.6 Å². The van der Waals surface area contributed by atoms with E-state index in [1.807, 2.05) is 47.6 Å².